The van der Waals surface area contributed by atoms with Gasteiger partial charge in [0.05, 0.1) is 11.3 Å². The number of carbonyl (C=O) groups is 1. The fourth-order valence-electron chi connectivity index (χ4n) is 4.15. The lowest BCUT2D eigenvalue weighted by Crippen LogP contribution is -2.28. The number of aromatic carboxylic acids is 1. The van der Waals surface area contributed by atoms with E-state index >= 15 is 0 Å². The number of nitrogens with zero attached hydrogens (tertiary/aromatic N) is 3. The van der Waals surface area contributed by atoms with E-state index in [0.29, 0.717) is 5.25 Å². The lowest BCUT2D eigenvalue weighted by Gasteiger charge is -2.25. The van der Waals surface area contributed by atoms with E-state index in [9.17, 15) is 9.90 Å². The SMILES string of the molecule is Cc1cc(C(=O)O)ccc1-c1ccc([C@H]2[C@H](c3ccccn3)N=C3S[C@@H](C)CN32)o1. The van der Waals surface area contributed by atoms with Gasteiger partial charge >= 0.3 is 5.97 Å². The van der Waals surface area contributed by atoms with Crippen LogP contribution < -0.4 is 0 Å². The van der Waals surface area contributed by atoms with Crippen LogP contribution in [-0.4, -0.2) is 37.9 Å². The van der Waals surface area contributed by atoms with Gasteiger partial charge in [-0.3, -0.25) is 4.98 Å². The summed E-state index contributed by atoms with van der Waals surface area (Å²) in [5.41, 5.74) is 2.96. The number of rotatable bonds is 4. The Balaban J connectivity index is 1.52. The first-order chi connectivity index (χ1) is 14.5. The lowest BCUT2D eigenvalue weighted by molar-refractivity contribution is 0.0697. The highest BCUT2D eigenvalue weighted by molar-refractivity contribution is 8.14. The number of benzene rings is 1. The molecule has 1 N–H and O–H groups in total. The number of furan rings is 1. The van der Waals surface area contributed by atoms with Gasteiger partial charge < -0.3 is 14.4 Å². The van der Waals surface area contributed by atoms with Crippen molar-refractivity contribution in [3.05, 3.63) is 77.3 Å². The number of pyridine rings is 1. The standard InChI is InChI=1S/C23H21N3O3S/c1-13-11-15(22(27)28)6-7-16(13)18-8-9-19(29-18)21-20(17-5-3-4-10-24-17)25-23-26(21)12-14(2)30-23/h3-11,14,20-21H,12H2,1-2H3,(H,27,28)/t14-,20-,21-/m0/s1. The van der Waals surface area contributed by atoms with E-state index in [0.717, 1.165) is 40.1 Å². The predicted octanol–water partition coefficient (Wildman–Crippen LogP) is 4.94. The average molecular weight is 420 g/mol. The van der Waals surface area contributed by atoms with Crippen molar-refractivity contribution in [3.8, 4) is 11.3 Å². The highest BCUT2D eigenvalue weighted by Gasteiger charge is 2.45. The lowest BCUT2D eigenvalue weighted by atomic mass is 10.0. The Morgan fingerprint density at radius 1 is 1.23 bits per heavy atom. The summed E-state index contributed by atoms with van der Waals surface area (Å²) in [5, 5.41) is 10.7. The zero-order valence-electron chi connectivity index (χ0n) is 16.6. The van der Waals surface area contributed by atoms with Crippen molar-refractivity contribution in [1.29, 1.82) is 0 Å². The third-order valence-electron chi connectivity index (χ3n) is 5.54. The second-order valence-corrected chi connectivity index (χ2v) is 9.08. The maximum atomic E-state index is 11.2. The van der Waals surface area contributed by atoms with Crippen molar-refractivity contribution in [2.75, 3.05) is 6.54 Å². The Morgan fingerprint density at radius 2 is 2.10 bits per heavy atom. The maximum absolute atomic E-state index is 11.2. The predicted molar refractivity (Wildman–Crippen MR) is 117 cm³/mol. The van der Waals surface area contributed by atoms with Crippen LogP contribution in [0.2, 0.25) is 0 Å². The van der Waals surface area contributed by atoms with Crippen LogP contribution in [0.5, 0.6) is 0 Å². The number of carboxylic acids is 1. The van der Waals surface area contributed by atoms with Crippen molar-refractivity contribution < 1.29 is 14.3 Å². The summed E-state index contributed by atoms with van der Waals surface area (Å²) in [5.74, 6) is 0.641. The molecule has 0 radical (unpaired) electrons. The van der Waals surface area contributed by atoms with Crippen LogP contribution in [0.4, 0.5) is 0 Å². The van der Waals surface area contributed by atoms with Gasteiger partial charge in [-0.2, -0.15) is 0 Å². The van der Waals surface area contributed by atoms with Gasteiger partial charge in [-0.25, -0.2) is 9.79 Å². The summed E-state index contributed by atoms with van der Waals surface area (Å²) in [6.45, 7) is 5.02. The Morgan fingerprint density at radius 3 is 2.83 bits per heavy atom. The van der Waals surface area contributed by atoms with Crippen molar-refractivity contribution in [1.82, 2.24) is 9.88 Å². The van der Waals surface area contributed by atoms with Crippen molar-refractivity contribution >= 4 is 22.9 Å². The third kappa shape index (κ3) is 3.19. The maximum Gasteiger partial charge on any atom is 0.335 e. The largest absolute Gasteiger partial charge is 0.478 e. The van der Waals surface area contributed by atoms with E-state index in [2.05, 4.69) is 16.8 Å². The molecule has 152 valence electrons. The highest BCUT2D eigenvalue weighted by Crippen LogP contribution is 2.48. The molecule has 3 atom stereocenters. The molecule has 0 spiro atoms. The molecule has 2 aromatic heterocycles. The molecule has 2 aliphatic rings. The summed E-state index contributed by atoms with van der Waals surface area (Å²) in [7, 11) is 0. The number of aliphatic imine (C=N–C) groups is 1. The Labute approximate surface area is 178 Å². The van der Waals surface area contributed by atoms with Crippen LogP contribution >= 0.6 is 11.8 Å². The summed E-state index contributed by atoms with van der Waals surface area (Å²) in [6, 6.07) is 14.8. The normalized spacial score (nSPS) is 22.8. The monoisotopic (exact) mass is 419 g/mol. The number of amidine groups is 1. The number of aryl methyl sites for hydroxylation is 1. The number of aromatic nitrogens is 1. The summed E-state index contributed by atoms with van der Waals surface area (Å²) >= 11 is 1.79. The molecule has 30 heavy (non-hydrogen) atoms. The molecule has 0 saturated carbocycles. The molecule has 1 aromatic carbocycles. The second-order valence-electron chi connectivity index (χ2n) is 7.67. The van der Waals surface area contributed by atoms with Gasteiger partial charge in [0, 0.05) is 23.6 Å². The van der Waals surface area contributed by atoms with Crippen LogP contribution in [0.15, 0.2) is 64.1 Å². The first-order valence-electron chi connectivity index (χ1n) is 9.87. The summed E-state index contributed by atoms with van der Waals surface area (Å²) < 4.78 is 6.33. The van der Waals surface area contributed by atoms with Gasteiger partial charge in [-0.15, -0.1) is 0 Å². The Kier molecular flexibility index (Phi) is 4.62. The van der Waals surface area contributed by atoms with Gasteiger partial charge in [0.25, 0.3) is 0 Å². The van der Waals surface area contributed by atoms with Crippen molar-refractivity contribution in [2.24, 2.45) is 4.99 Å². The minimum absolute atomic E-state index is 0.0419. The zero-order chi connectivity index (χ0) is 20.8. The minimum Gasteiger partial charge on any atom is -0.478 e. The average Bonchev–Trinajstić information content (AvgIpc) is 3.42. The molecular formula is C23H21N3O3S. The molecule has 6 nitrogen and oxygen atoms in total. The number of thioether (sulfide) groups is 1. The van der Waals surface area contributed by atoms with E-state index in [1.54, 1.807) is 30.1 Å². The van der Waals surface area contributed by atoms with E-state index in [1.165, 1.54) is 0 Å². The van der Waals surface area contributed by atoms with Crippen molar-refractivity contribution in [2.45, 2.75) is 31.2 Å². The first-order valence-corrected chi connectivity index (χ1v) is 10.8. The molecular weight excluding hydrogens is 398 g/mol. The second kappa shape index (κ2) is 7.32. The first kappa shape index (κ1) is 18.9. The number of hydrogen-bond donors (Lipinski definition) is 1. The molecule has 0 bridgehead atoms. The zero-order valence-corrected chi connectivity index (χ0v) is 17.5. The molecule has 1 saturated heterocycles. The van der Waals surface area contributed by atoms with Crippen LogP contribution in [-0.2, 0) is 0 Å². The number of carboxylic acid groups (broad SMARTS) is 1. The third-order valence-corrected chi connectivity index (χ3v) is 6.64. The molecule has 1 fully saturated rings. The number of hydrogen-bond acceptors (Lipinski definition) is 6. The summed E-state index contributed by atoms with van der Waals surface area (Å²) in [6.07, 6.45) is 1.80. The molecule has 4 heterocycles. The fraction of sp³-hybridized carbons (Fsp3) is 0.261. The quantitative estimate of drug-likeness (QED) is 0.645. The topological polar surface area (TPSA) is 78.9 Å². The summed E-state index contributed by atoms with van der Waals surface area (Å²) in [4.78, 5) is 23.1. The molecule has 3 aromatic rings. The van der Waals surface area contributed by atoms with Crippen molar-refractivity contribution in [3.63, 3.8) is 0 Å². The molecule has 7 heteroatoms. The van der Waals surface area contributed by atoms with E-state index < -0.39 is 5.97 Å². The van der Waals surface area contributed by atoms with Gasteiger partial charge in [-0.1, -0.05) is 30.8 Å². The van der Waals surface area contributed by atoms with E-state index in [1.807, 2.05) is 43.3 Å². The van der Waals surface area contributed by atoms with Crippen LogP contribution in [0.3, 0.4) is 0 Å². The molecule has 2 aliphatic heterocycles. The molecule has 0 amide bonds. The Hall–Kier alpha value is -3.06. The fourth-order valence-corrected chi connectivity index (χ4v) is 5.25. The number of fused-ring (bicyclic) bond motifs is 1. The van der Waals surface area contributed by atoms with Crippen LogP contribution in [0, 0.1) is 6.92 Å². The molecule has 5 rings (SSSR count). The highest BCUT2D eigenvalue weighted by atomic mass is 32.2. The van der Waals surface area contributed by atoms with E-state index in [4.69, 9.17) is 9.41 Å². The van der Waals surface area contributed by atoms with Crippen LogP contribution in [0.25, 0.3) is 11.3 Å². The van der Waals surface area contributed by atoms with Gasteiger partial charge in [0.15, 0.2) is 5.17 Å². The Bertz CT molecular complexity index is 1140. The van der Waals surface area contributed by atoms with Gasteiger partial charge in [-0.05, 0) is 48.9 Å². The smallest absolute Gasteiger partial charge is 0.335 e. The van der Waals surface area contributed by atoms with Gasteiger partial charge in [0.2, 0.25) is 0 Å². The van der Waals surface area contributed by atoms with Crippen LogP contribution in [0.1, 0.15) is 46.4 Å². The van der Waals surface area contributed by atoms with E-state index in [-0.39, 0.29) is 17.6 Å². The molecule has 0 aliphatic carbocycles. The minimum atomic E-state index is -0.931. The molecule has 0 unspecified atom stereocenters. The van der Waals surface area contributed by atoms with Gasteiger partial charge in [0.1, 0.15) is 23.6 Å².